The second kappa shape index (κ2) is 6.08. The Hall–Kier alpha value is -2.83. The number of nitrogens with zero attached hydrogens (tertiary/aromatic N) is 3. The summed E-state index contributed by atoms with van der Waals surface area (Å²) in [5.41, 5.74) is 1.98. The molecule has 0 atom stereocenters. The number of carbonyl (C=O) groups excluding carboxylic acids is 1. The van der Waals surface area contributed by atoms with Gasteiger partial charge in [0.1, 0.15) is 0 Å². The smallest absolute Gasteiger partial charge is 0.342 e. The molecule has 7 nitrogen and oxygen atoms in total. The number of anilines is 1. The summed E-state index contributed by atoms with van der Waals surface area (Å²) in [6.45, 7) is 2.14. The molecule has 0 spiro atoms. The molecule has 1 aliphatic heterocycles. The van der Waals surface area contributed by atoms with Crippen molar-refractivity contribution in [3.8, 4) is 0 Å². The van der Waals surface area contributed by atoms with Crippen molar-refractivity contribution in [1.82, 2.24) is 20.4 Å². The standard InChI is InChI=1S/C14H16N6O/c21-14(20-9-1-6-18-20)17-10-11-2-4-12(5-3-11)19-13-15-7-8-16-13/h1-6,9H,7-8,10H2,(H,17,21)(H2,15,16,19). The molecule has 0 saturated carbocycles. The fourth-order valence-corrected chi connectivity index (χ4v) is 1.97. The van der Waals surface area contributed by atoms with Crippen molar-refractivity contribution in [3.63, 3.8) is 0 Å². The molecule has 3 N–H and O–H groups in total. The van der Waals surface area contributed by atoms with Crippen LogP contribution in [0.5, 0.6) is 0 Å². The van der Waals surface area contributed by atoms with Crippen LogP contribution >= 0.6 is 0 Å². The molecule has 2 heterocycles. The van der Waals surface area contributed by atoms with Crippen LogP contribution in [0.2, 0.25) is 0 Å². The highest BCUT2D eigenvalue weighted by Crippen LogP contribution is 2.09. The maximum atomic E-state index is 11.7. The van der Waals surface area contributed by atoms with Gasteiger partial charge < -0.3 is 16.0 Å². The monoisotopic (exact) mass is 284 g/mol. The summed E-state index contributed by atoms with van der Waals surface area (Å²) in [5, 5.41) is 13.0. The van der Waals surface area contributed by atoms with Gasteiger partial charge in [-0.2, -0.15) is 9.78 Å². The Bertz CT molecular complexity index is 632. The fourth-order valence-electron chi connectivity index (χ4n) is 1.97. The topological polar surface area (TPSA) is 83.3 Å². The Morgan fingerprint density at radius 1 is 1.33 bits per heavy atom. The van der Waals surface area contributed by atoms with E-state index in [9.17, 15) is 4.79 Å². The first-order valence-corrected chi connectivity index (χ1v) is 6.73. The molecule has 1 aromatic carbocycles. The zero-order valence-corrected chi connectivity index (χ0v) is 11.4. The molecule has 1 aromatic heterocycles. The van der Waals surface area contributed by atoms with Gasteiger partial charge in [-0.15, -0.1) is 0 Å². The minimum atomic E-state index is -0.244. The largest absolute Gasteiger partial charge is 0.354 e. The quantitative estimate of drug-likeness (QED) is 0.785. The van der Waals surface area contributed by atoms with Gasteiger partial charge in [0, 0.05) is 31.2 Å². The first-order chi connectivity index (χ1) is 10.3. The van der Waals surface area contributed by atoms with Crippen molar-refractivity contribution in [2.45, 2.75) is 6.54 Å². The van der Waals surface area contributed by atoms with Gasteiger partial charge in [0.15, 0.2) is 5.96 Å². The SMILES string of the molecule is O=C(NCc1ccc(NC2=NCCN2)cc1)n1cccn1. The van der Waals surface area contributed by atoms with Crippen LogP contribution in [0.1, 0.15) is 5.56 Å². The molecule has 2 aromatic rings. The summed E-state index contributed by atoms with van der Waals surface area (Å²) >= 11 is 0. The number of aromatic nitrogens is 2. The summed E-state index contributed by atoms with van der Waals surface area (Å²) in [6, 6.07) is 9.30. The van der Waals surface area contributed by atoms with Crippen molar-refractivity contribution in [3.05, 3.63) is 48.3 Å². The van der Waals surface area contributed by atoms with Gasteiger partial charge in [0.2, 0.25) is 0 Å². The average molecular weight is 284 g/mol. The highest BCUT2D eigenvalue weighted by Gasteiger charge is 2.05. The van der Waals surface area contributed by atoms with E-state index in [2.05, 4.69) is 26.0 Å². The lowest BCUT2D eigenvalue weighted by Crippen LogP contribution is -2.28. The molecule has 3 rings (SSSR count). The van der Waals surface area contributed by atoms with Crippen LogP contribution in [0.15, 0.2) is 47.7 Å². The lowest BCUT2D eigenvalue weighted by molar-refractivity contribution is 0.239. The van der Waals surface area contributed by atoms with Crippen molar-refractivity contribution in [2.24, 2.45) is 4.99 Å². The molecule has 0 radical (unpaired) electrons. The highest BCUT2D eigenvalue weighted by molar-refractivity contribution is 5.94. The zero-order chi connectivity index (χ0) is 14.5. The zero-order valence-electron chi connectivity index (χ0n) is 11.4. The van der Waals surface area contributed by atoms with E-state index in [0.717, 1.165) is 30.3 Å². The molecule has 7 heteroatoms. The van der Waals surface area contributed by atoms with Gasteiger partial charge in [-0.05, 0) is 23.8 Å². The Morgan fingerprint density at radius 3 is 2.86 bits per heavy atom. The van der Waals surface area contributed by atoms with E-state index in [1.54, 1.807) is 18.5 Å². The van der Waals surface area contributed by atoms with Gasteiger partial charge in [-0.3, -0.25) is 4.99 Å². The number of carbonyl (C=O) groups is 1. The Balaban J connectivity index is 1.53. The second-order valence-corrected chi connectivity index (χ2v) is 4.59. The van der Waals surface area contributed by atoms with Crippen molar-refractivity contribution >= 4 is 17.7 Å². The van der Waals surface area contributed by atoms with Crippen LogP contribution in [0.3, 0.4) is 0 Å². The molecular formula is C14H16N6O. The summed E-state index contributed by atoms with van der Waals surface area (Å²) in [7, 11) is 0. The van der Waals surface area contributed by atoms with E-state index in [-0.39, 0.29) is 6.03 Å². The van der Waals surface area contributed by atoms with Crippen molar-refractivity contribution < 1.29 is 4.79 Å². The third kappa shape index (κ3) is 3.38. The van der Waals surface area contributed by atoms with Gasteiger partial charge in [-0.1, -0.05) is 12.1 Å². The highest BCUT2D eigenvalue weighted by atomic mass is 16.2. The van der Waals surface area contributed by atoms with Gasteiger partial charge >= 0.3 is 6.03 Å². The number of rotatable bonds is 3. The predicted octanol–water partition coefficient (Wildman–Crippen LogP) is 1.01. The lowest BCUT2D eigenvalue weighted by Gasteiger charge is -2.08. The van der Waals surface area contributed by atoms with E-state index in [0.29, 0.717) is 6.54 Å². The number of nitrogens with one attached hydrogen (secondary N) is 3. The molecule has 0 unspecified atom stereocenters. The van der Waals surface area contributed by atoms with E-state index in [4.69, 9.17) is 0 Å². The normalized spacial score (nSPS) is 13.4. The molecule has 0 saturated heterocycles. The number of guanidine groups is 1. The molecule has 1 aliphatic rings. The maximum absolute atomic E-state index is 11.7. The van der Waals surface area contributed by atoms with Crippen molar-refractivity contribution in [1.29, 1.82) is 0 Å². The number of hydrogen-bond donors (Lipinski definition) is 3. The van der Waals surface area contributed by atoms with Gasteiger partial charge in [0.25, 0.3) is 0 Å². The minimum Gasteiger partial charge on any atom is -0.354 e. The first-order valence-electron chi connectivity index (χ1n) is 6.73. The summed E-state index contributed by atoms with van der Waals surface area (Å²) in [5.74, 6) is 0.801. The van der Waals surface area contributed by atoms with Crippen molar-refractivity contribution in [2.75, 3.05) is 18.4 Å². The summed E-state index contributed by atoms with van der Waals surface area (Å²) in [6.07, 6.45) is 3.18. The lowest BCUT2D eigenvalue weighted by atomic mass is 10.2. The Morgan fingerprint density at radius 2 is 2.19 bits per heavy atom. The Kier molecular flexibility index (Phi) is 3.81. The molecule has 0 bridgehead atoms. The minimum absolute atomic E-state index is 0.244. The molecule has 0 fully saturated rings. The fraction of sp³-hybridized carbons (Fsp3) is 0.214. The third-order valence-electron chi connectivity index (χ3n) is 3.05. The van der Waals surface area contributed by atoms with E-state index in [1.165, 1.54) is 4.68 Å². The summed E-state index contributed by atoms with van der Waals surface area (Å²) in [4.78, 5) is 16.0. The maximum Gasteiger partial charge on any atom is 0.342 e. The van der Waals surface area contributed by atoms with E-state index in [1.807, 2.05) is 24.3 Å². The van der Waals surface area contributed by atoms with Crippen LogP contribution in [0.4, 0.5) is 10.5 Å². The molecule has 0 aliphatic carbocycles. The van der Waals surface area contributed by atoms with E-state index < -0.39 is 0 Å². The second-order valence-electron chi connectivity index (χ2n) is 4.59. The molecule has 1 amide bonds. The average Bonchev–Trinajstić information content (AvgIpc) is 3.19. The van der Waals surface area contributed by atoms with Gasteiger partial charge in [-0.25, -0.2) is 4.79 Å². The van der Waals surface area contributed by atoms with Crippen LogP contribution in [0, 0.1) is 0 Å². The van der Waals surface area contributed by atoms with Crippen LogP contribution in [-0.2, 0) is 6.54 Å². The third-order valence-corrected chi connectivity index (χ3v) is 3.05. The molecular weight excluding hydrogens is 268 g/mol. The van der Waals surface area contributed by atoms with E-state index >= 15 is 0 Å². The van der Waals surface area contributed by atoms with Crippen LogP contribution in [0.25, 0.3) is 0 Å². The number of hydrogen-bond acceptors (Lipinski definition) is 5. The molecule has 108 valence electrons. The first kappa shape index (κ1) is 13.2. The van der Waals surface area contributed by atoms with Gasteiger partial charge in [0.05, 0.1) is 6.54 Å². The molecule has 21 heavy (non-hydrogen) atoms. The number of benzene rings is 1. The Labute approximate surface area is 122 Å². The van der Waals surface area contributed by atoms with Crippen LogP contribution in [-0.4, -0.2) is 34.9 Å². The predicted molar refractivity (Wildman–Crippen MR) is 80.2 cm³/mol. The number of amides is 1. The number of aliphatic imine (C=N–C) groups is 1. The van der Waals surface area contributed by atoms with Crippen LogP contribution < -0.4 is 16.0 Å². The summed E-state index contributed by atoms with van der Waals surface area (Å²) < 4.78 is 1.26.